The van der Waals surface area contributed by atoms with E-state index >= 15 is 0 Å². The monoisotopic (exact) mass is 406 g/mol. The molecule has 2 aromatic rings. The van der Waals surface area contributed by atoms with Crippen molar-refractivity contribution in [3.8, 4) is 5.75 Å². The van der Waals surface area contributed by atoms with Crippen LogP contribution in [0.4, 0.5) is 0 Å². The molecule has 0 aromatic heterocycles. The van der Waals surface area contributed by atoms with E-state index in [-0.39, 0.29) is 21.4 Å². The molecule has 2 rings (SSSR count). The molecule has 2 aromatic carbocycles. The molecule has 0 heterocycles. The number of carbonyl (C=O) groups excluding carboxylic acids is 2. The van der Waals surface area contributed by atoms with Gasteiger partial charge in [-0.25, -0.2) is 4.79 Å². The van der Waals surface area contributed by atoms with Crippen LogP contribution in [0.25, 0.3) is 0 Å². The summed E-state index contributed by atoms with van der Waals surface area (Å²) in [5.41, 5.74) is 0.179. The summed E-state index contributed by atoms with van der Waals surface area (Å²) < 4.78 is 10.1. The number of esters is 1. The Labute approximate surface area is 158 Å². The Morgan fingerprint density at radius 2 is 1.50 bits per heavy atom. The smallest absolute Gasteiger partial charge is 0.344 e. The second kappa shape index (κ2) is 8.58. The number of hydrogen-bond donors (Lipinski definition) is 0. The van der Waals surface area contributed by atoms with Gasteiger partial charge in [0.2, 0.25) is 5.78 Å². The van der Waals surface area contributed by atoms with Crippen molar-refractivity contribution in [2.24, 2.45) is 0 Å². The van der Waals surface area contributed by atoms with Gasteiger partial charge in [0.05, 0.1) is 10.0 Å². The third-order valence-electron chi connectivity index (χ3n) is 2.83. The highest BCUT2D eigenvalue weighted by atomic mass is 35.5. The number of hydrogen-bond acceptors (Lipinski definition) is 4. The zero-order valence-corrected chi connectivity index (χ0v) is 15.0. The molecular weight excluding hydrogens is 398 g/mol. The maximum atomic E-state index is 12.0. The van der Waals surface area contributed by atoms with Gasteiger partial charge in [0.15, 0.2) is 13.2 Å². The number of carbonyl (C=O) groups is 2. The quantitative estimate of drug-likeness (QED) is 0.493. The topological polar surface area (TPSA) is 52.6 Å². The van der Waals surface area contributed by atoms with Crippen LogP contribution in [0.5, 0.6) is 5.75 Å². The lowest BCUT2D eigenvalue weighted by atomic mass is 10.1. The first-order chi connectivity index (χ1) is 11.4. The SMILES string of the molecule is O=C(COc1ccc(Cl)cc1Cl)OCC(=O)c1cc(Cl)ccc1Cl. The molecule has 0 saturated carbocycles. The average Bonchev–Trinajstić information content (AvgIpc) is 2.54. The Hall–Kier alpha value is -1.46. The van der Waals surface area contributed by atoms with Crippen LogP contribution in [-0.2, 0) is 9.53 Å². The Morgan fingerprint density at radius 3 is 2.21 bits per heavy atom. The minimum atomic E-state index is -0.729. The van der Waals surface area contributed by atoms with Crippen molar-refractivity contribution in [1.82, 2.24) is 0 Å². The fourth-order valence-corrected chi connectivity index (χ4v) is 2.56. The van der Waals surface area contributed by atoms with Crippen LogP contribution < -0.4 is 4.74 Å². The Balaban J connectivity index is 1.86. The van der Waals surface area contributed by atoms with Crippen molar-refractivity contribution in [3.63, 3.8) is 0 Å². The van der Waals surface area contributed by atoms with Gasteiger partial charge < -0.3 is 9.47 Å². The van der Waals surface area contributed by atoms with Gasteiger partial charge in [-0.15, -0.1) is 0 Å². The molecule has 0 aliphatic heterocycles. The van der Waals surface area contributed by atoms with Gasteiger partial charge in [0.1, 0.15) is 5.75 Å². The zero-order chi connectivity index (χ0) is 17.7. The van der Waals surface area contributed by atoms with Crippen LogP contribution in [0, 0.1) is 0 Å². The maximum Gasteiger partial charge on any atom is 0.344 e. The Bertz CT molecular complexity index is 777. The van der Waals surface area contributed by atoms with E-state index in [0.29, 0.717) is 10.0 Å². The van der Waals surface area contributed by atoms with Crippen molar-refractivity contribution in [3.05, 3.63) is 62.1 Å². The van der Waals surface area contributed by atoms with E-state index in [9.17, 15) is 9.59 Å². The molecule has 0 amide bonds. The highest BCUT2D eigenvalue weighted by Gasteiger charge is 2.14. The first kappa shape index (κ1) is 18.9. The molecule has 0 N–H and O–H groups in total. The van der Waals surface area contributed by atoms with Crippen LogP contribution in [0.1, 0.15) is 10.4 Å². The van der Waals surface area contributed by atoms with Crippen LogP contribution in [0.15, 0.2) is 36.4 Å². The van der Waals surface area contributed by atoms with Gasteiger partial charge in [-0.05, 0) is 36.4 Å². The van der Waals surface area contributed by atoms with E-state index < -0.39 is 25.0 Å². The van der Waals surface area contributed by atoms with E-state index in [4.69, 9.17) is 55.9 Å². The summed E-state index contributed by atoms with van der Waals surface area (Å²) in [4.78, 5) is 23.6. The molecule has 24 heavy (non-hydrogen) atoms. The summed E-state index contributed by atoms with van der Waals surface area (Å²) in [5.74, 6) is -0.921. The van der Waals surface area contributed by atoms with Gasteiger partial charge in [-0.3, -0.25) is 4.79 Å². The highest BCUT2D eigenvalue weighted by molar-refractivity contribution is 6.36. The van der Waals surface area contributed by atoms with Gasteiger partial charge in [0.25, 0.3) is 0 Å². The van der Waals surface area contributed by atoms with E-state index in [2.05, 4.69) is 0 Å². The molecule has 126 valence electrons. The van der Waals surface area contributed by atoms with Crippen molar-refractivity contribution < 1.29 is 19.1 Å². The summed E-state index contributed by atoms with van der Waals surface area (Å²) in [7, 11) is 0. The standard InChI is InChI=1S/C16H10Cl4O4/c17-9-1-3-12(19)11(5-9)14(21)7-24-16(22)8-23-15-4-2-10(18)6-13(15)20/h1-6H,7-8H2. The third-order valence-corrected chi connectivity index (χ3v) is 3.93. The van der Waals surface area contributed by atoms with Crippen molar-refractivity contribution in [2.75, 3.05) is 13.2 Å². The van der Waals surface area contributed by atoms with Gasteiger partial charge >= 0.3 is 5.97 Å². The lowest BCUT2D eigenvalue weighted by molar-refractivity contribution is -0.144. The number of ketones is 1. The summed E-state index contributed by atoms with van der Waals surface area (Å²) in [5, 5.41) is 1.29. The molecule has 0 aliphatic rings. The fraction of sp³-hybridized carbons (Fsp3) is 0.125. The average molecular weight is 408 g/mol. The van der Waals surface area contributed by atoms with Crippen LogP contribution >= 0.6 is 46.4 Å². The minimum Gasteiger partial charge on any atom is -0.480 e. The number of rotatable bonds is 6. The van der Waals surface area contributed by atoms with Crippen molar-refractivity contribution >= 4 is 58.2 Å². The predicted octanol–water partition coefficient (Wildman–Crippen LogP) is 5.11. The number of Topliss-reactive ketones (excluding diaryl/α,β-unsaturated/α-hetero) is 1. The molecule has 0 fully saturated rings. The third kappa shape index (κ3) is 5.28. The number of halogens is 4. The molecule has 0 radical (unpaired) electrons. The molecule has 0 atom stereocenters. The molecule has 4 nitrogen and oxygen atoms in total. The van der Waals surface area contributed by atoms with Crippen LogP contribution in [-0.4, -0.2) is 25.0 Å². The largest absolute Gasteiger partial charge is 0.480 e. The van der Waals surface area contributed by atoms with E-state index in [1.165, 1.54) is 24.3 Å². The molecule has 0 saturated heterocycles. The maximum absolute atomic E-state index is 12.0. The summed E-state index contributed by atoms with van der Waals surface area (Å²) in [6.45, 7) is -0.880. The number of benzene rings is 2. The molecule has 0 aliphatic carbocycles. The van der Waals surface area contributed by atoms with E-state index in [1.807, 2.05) is 0 Å². The Morgan fingerprint density at radius 1 is 0.833 bits per heavy atom. The lowest BCUT2D eigenvalue weighted by Crippen LogP contribution is -2.19. The zero-order valence-electron chi connectivity index (χ0n) is 12.0. The van der Waals surface area contributed by atoms with Crippen LogP contribution in [0.2, 0.25) is 20.1 Å². The first-order valence-corrected chi connectivity index (χ1v) is 8.09. The molecule has 0 spiro atoms. The van der Waals surface area contributed by atoms with Gasteiger partial charge in [-0.2, -0.15) is 0 Å². The highest BCUT2D eigenvalue weighted by Crippen LogP contribution is 2.27. The molecule has 0 bridgehead atoms. The van der Waals surface area contributed by atoms with Gasteiger partial charge in [0, 0.05) is 15.6 Å². The van der Waals surface area contributed by atoms with Crippen molar-refractivity contribution in [1.29, 1.82) is 0 Å². The lowest BCUT2D eigenvalue weighted by Gasteiger charge is -2.09. The van der Waals surface area contributed by atoms with Gasteiger partial charge in [-0.1, -0.05) is 46.4 Å². The first-order valence-electron chi connectivity index (χ1n) is 6.58. The van der Waals surface area contributed by atoms with Crippen LogP contribution in [0.3, 0.4) is 0 Å². The van der Waals surface area contributed by atoms with E-state index in [1.54, 1.807) is 12.1 Å². The van der Waals surface area contributed by atoms with Crippen molar-refractivity contribution in [2.45, 2.75) is 0 Å². The summed E-state index contributed by atoms with van der Waals surface area (Å²) in [6, 6.07) is 9.02. The molecule has 0 unspecified atom stereocenters. The summed E-state index contributed by atoms with van der Waals surface area (Å²) in [6.07, 6.45) is 0. The Kier molecular flexibility index (Phi) is 6.75. The summed E-state index contributed by atoms with van der Waals surface area (Å²) >= 11 is 23.4. The second-order valence-electron chi connectivity index (χ2n) is 4.57. The minimum absolute atomic E-state index is 0.179. The normalized spacial score (nSPS) is 10.3. The fourth-order valence-electron chi connectivity index (χ4n) is 1.71. The molecular formula is C16H10Cl4O4. The van der Waals surface area contributed by atoms with E-state index in [0.717, 1.165) is 0 Å². The second-order valence-corrected chi connectivity index (χ2v) is 6.26. The number of ether oxygens (including phenoxy) is 2. The molecule has 8 heteroatoms. The predicted molar refractivity (Wildman–Crippen MR) is 93.7 cm³/mol.